The number of nitrogens with one attached hydrogen (secondary N) is 2. The molecular formula is C9H16N4O3. The van der Waals surface area contributed by atoms with Gasteiger partial charge >= 0.3 is 0 Å². The molecular weight excluding hydrogens is 212 g/mol. The first-order valence-electron chi connectivity index (χ1n) is 4.83. The van der Waals surface area contributed by atoms with Crippen LogP contribution < -0.4 is 16.6 Å². The number of nitrogens with two attached hydrogens (primary N) is 1. The third-order valence-corrected chi connectivity index (χ3v) is 1.40. The molecule has 2 amide bonds. The number of rotatable bonds is 3. The molecule has 0 aromatic carbocycles. The van der Waals surface area contributed by atoms with Crippen molar-refractivity contribution >= 4 is 11.8 Å². The second kappa shape index (κ2) is 7.41. The van der Waals surface area contributed by atoms with Gasteiger partial charge < -0.3 is 9.73 Å². The summed E-state index contributed by atoms with van der Waals surface area (Å²) < 4.78 is 4.90. The van der Waals surface area contributed by atoms with Crippen molar-refractivity contribution in [2.45, 2.75) is 27.3 Å². The van der Waals surface area contributed by atoms with E-state index in [4.69, 9.17) is 10.3 Å². The number of amides is 2. The molecule has 0 saturated heterocycles. The summed E-state index contributed by atoms with van der Waals surface area (Å²) in [5.41, 5.74) is 1.99. The molecule has 1 rings (SSSR count). The lowest BCUT2D eigenvalue weighted by molar-refractivity contribution is -0.119. The molecule has 7 nitrogen and oxygen atoms in total. The zero-order valence-electron chi connectivity index (χ0n) is 9.53. The Labute approximate surface area is 93.4 Å². The van der Waals surface area contributed by atoms with E-state index in [9.17, 15) is 9.59 Å². The molecule has 1 aromatic heterocycles. The van der Waals surface area contributed by atoms with Crippen molar-refractivity contribution < 1.29 is 14.0 Å². The molecule has 16 heavy (non-hydrogen) atoms. The smallest absolute Gasteiger partial charge is 0.287 e. The van der Waals surface area contributed by atoms with E-state index in [2.05, 4.69) is 10.3 Å². The summed E-state index contributed by atoms with van der Waals surface area (Å²) in [4.78, 5) is 25.2. The SMILES string of the molecule is CC.CC(=O)NCc1nc(C(=O)NN)co1. The Morgan fingerprint density at radius 3 is 2.62 bits per heavy atom. The van der Waals surface area contributed by atoms with Gasteiger partial charge in [0.2, 0.25) is 11.8 Å². The fraction of sp³-hybridized carbons (Fsp3) is 0.444. The maximum Gasteiger partial charge on any atom is 0.287 e. The average molecular weight is 228 g/mol. The van der Waals surface area contributed by atoms with Crippen LogP contribution in [-0.4, -0.2) is 16.8 Å². The first kappa shape index (κ1) is 14.1. The Bertz CT molecular complexity index is 348. The number of oxazole rings is 1. The molecule has 0 aliphatic rings. The quantitative estimate of drug-likeness (QED) is 0.381. The van der Waals surface area contributed by atoms with Gasteiger partial charge in [0.25, 0.3) is 5.91 Å². The summed E-state index contributed by atoms with van der Waals surface area (Å²) in [6, 6.07) is 0. The molecule has 0 saturated carbocycles. The average Bonchev–Trinajstić information content (AvgIpc) is 2.76. The molecule has 0 spiro atoms. The van der Waals surface area contributed by atoms with Gasteiger partial charge in [-0.3, -0.25) is 15.0 Å². The number of carbonyl (C=O) groups is 2. The molecule has 0 atom stereocenters. The lowest BCUT2D eigenvalue weighted by Crippen LogP contribution is -2.30. The largest absolute Gasteiger partial charge is 0.446 e. The monoisotopic (exact) mass is 228 g/mol. The minimum atomic E-state index is -0.539. The predicted molar refractivity (Wildman–Crippen MR) is 57.0 cm³/mol. The number of nitrogens with zero attached hydrogens (tertiary/aromatic N) is 1. The summed E-state index contributed by atoms with van der Waals surface area (Å²) in [6.07, 6.45) is 1.17. The number of hydrogen-bond acceptors (Lipinski definition) is 5. The number of hydrazine groups is 1. The second-order valence-corrected chi connectivity index (χ2v) is 2.51. The van der Waals surface area contributed by atoms with Gasteiger partial charge in [-0.15, -0.1) is 0 Å². The Balaban J connectivity index is 0.00000106. The summed E-state index contributed by atoms with van der Waals surface area (Å²) in [7, 11) is 0. The van der Waals surface area contributed by atoms with E-state index >= 15 is 0 Å². The highest BCUT2D eigenvalue weighted by Gasteiger charge is 2.10. The van der Waals surface area contributed by atoms with E-state index in [1.54, 1.807) is 0 Å². The predicted octanol–water partition coefficient (Wildman–Crippen LogP) is -0.0596. The minimum absolute atomic E-state index is 0.0767. The summed E-state index contributed by atoms with van der Waals surface area (Å²) in [5, 5.41) is 2.47. The lowest BCUT2D eigenvalue weighted by Gasteiger charge is -1.95. The van der Waals surface area contributed by atoms with Crippen molar-refractivity contribution in [1.82, 2.24) is 15.7 Å². The Kier molecular flexibility index (Phi) is 6.53. The van der Waals surface area contributed by atoms with Crippen molar-refractivity contribution in [3.63, 3.8) is 0 Å². The molecule has 0 radical (unpaired) electrons. The molecule has 0 bridgehead atoms. The zero-order chi connectivity index (χ0) is 12.6. The van der Waals surface area contributed by atoms with Crippen molar-refractivity contribution in [2.75, 3.05) is 0 Å². The Morgan fingerprint density at radius 1 is 1.50 bits per heavy atom. The second-order valence-electron chi connectivity index (χ2n) is 2.51. The van der Waals surface area contributed by atoms with Crippen LogP contribution in [0.25, 0.3) is 0 Å². The number of carbonyl (C=O) groups excluding carboxylic acids is 2. The van der Waals surface area contributed by atoms with Gasteiger partial charge in [-0.25, -0.2) is 10.8 Å². The van der Waals surface area contributed by atoms with Crippen LogP contribution in [0.3, 0.4) is 0 Å². The maximum absolute atomic E-state index is 10.9. The van der Waals surface area contributed by atoms with E-state index < -0.39 is 5.91 Å². The number of nitrogen functional groups attached to an aromatic ring is 1. The van der Waals surface area contributed by atoms with Crippen LogP contribution in [0.4, 0.5) is 0 Å². The van der Waals surface area contributed by atoms with Gasteiger partial charge in [0.05, 0.1) is 6.54 Å². The van der Waals surface area contributed by atoms with Crippen molar-refractivity contribution in [2.24, 2.45) is 5.84 Å². The highest BCUT2D eigenvalue weighted by Crippen LogP contribution is 2.00. The first-order valence-corrected chi connectivity index (χ1v) is 4.83. The third-order valence-electron chi connectivity index (χ3n) is 1.40. The molecule has 0 fully saturated rings. The molecule has 90 valence electrons. The lowest BCUT2D eigenvalue weighted by atomic mass is 10.5. The molecule has 0 aliphatic heterocycles. The van der Waals surface area contributed by atoms with Gasteiger partial charge in [-0.2, -0.15) is 0 Å². The fourth-order valence-corrected chi connectivity index (χ4v) is 0.770. The van der Waals surface area contributed by atoms with Crippen molar-refractivity contribution in [3.8, 4) is 0 Å². The van der Waals surface area contributed by atoms with Crippen LogP contribution in [-0.2, 0) is 11.3 Å². The van der Waals surface area contributed by atoms with Crippen LogP contribution in [0.15, 0.2) is 10.7 Å². The normalized spacial score (nSPS) is 8.75. The first-order chi connectivity index (χ1) is 7.63. The van der Waals surface area contributed by atoms with Crippen LogP contribution in [0.1, 0.15) is 37.2 Å². The topological polar surface area (TPSA) is 110 Å². The summed E-state index contributed by atoms with van der Waals surface area (Å²) in [5.74, 6) is 4.39. The minimum Gasteiger partial charge on any atom is -0.446 e. The molecule has 0 aliphatic carbocycles. The summed E-state index contributed by atoms with van der Waals surface area (Å²) >= 11 is 0. The van der Waals surface area contributed by atoms with Gasteiger partial charge in [0, 0.05) is 6.92 Å². The van der Waals surface area contributed by atoms with E-state index in [1.165, 1.54) is 13.2 Å². The fourth-order valence-electron chi connectivity index (χ4n) is 0.770. The molecule has 1 heterocycles. The van der Waals surface area contributed by atoms with E-state index in [0.29, 0.717) is 0 Å². The molecule has 7 heteroatoms. The number of hydrogen-bond donors (Lipinski definition) is 3. The standard InChI is InChI=1S/C7H10N4O3.C2H6/c1-4(12)9-2-6-10-5(3-14-6)7(13)11-8;1-2/h3H,2,8H2,1H3,(H,9,12)(H,11,13);1-2H3. The van der Waals surface area contributed by atoms with Crippen molar-refractivity contribution in [3.05, 3.63) is 17.8 Å². The maximum atomic E-state index is 10.9. The van der Waals surface area contributed by atoms with Gasteiger partial charge in [-0.1, -0.05) is 13.8 Å². The van der Waals surface area contributed by atoms with Crippen LogP contribution in [0.2, 0.25) is 0 Å². The molecule has 4 N–H and O–H groups in total. The third kappa shape index (κ3) is 4.56. The number of aromatic nitrogens is 1. The van der Waals surface area contributed by atoms with E-state index in [0.717, 1.165) is 0 Å². The van der Waals surface area contributed by atoms with E-state index in [1.807, 2.05) is 19.3 Å². The van der Waals surface area contributed by atoms with Crippen LogP contribution in [0.5, 0.6) is 0 Å². The van der Waals surface area contributed by atoms with Gasteiger partial charge in [0.15, 0.2) is 5.69 Å². The van der Waals surface area contributed by atoms with Gasteiger partial charge in [-0.05, 0) is 0 Å². The van der Waals surface area contributed by atoms with Crippen LogP contribution >= 0.6 is 0 Å². The van der Waals surface area contributed by atoms with Crippen LogP contribution in [0, 0.1) is 0 Å². The van der Waals surface area contributed by atoms with Gasteiger partial charge in [0.1, 0.15) is 6.26 Å². The Morgan fingerprint density at radius 2 is 2.12 bits per heavy atom. The van der Waals surface area contributed by atoms with E-state index in [-0.39, 0.29) is 24.0 Å². The highest BCUT2D eigenvalue weighted by atomic mass is 16.3. The van der Waals surface area contributed by atoms with Crippen molar-refractivity contribution in [1.29, 1.82) is 0 Å². The molecule has 1 aromatic rings. The highest BCUT2D eigenvalue weighted by molar-refractivity contribution is 5.91. The zero-order valence-corrected chi connectivity index (χ0v) is 9.53. The summed E-state index contributed by atoms with van der Waals surface area (Å²) in [6.45, 7) is 5.52. The Hall–Kier alpha value is -1.89. The molecule has 0 unspecified atom stereocenters.